The lowest BCUT2D eigenvalue weighted by atomic mass is 10.0. The summed E-state index contributed by atoms with van der Waals surface area (Å²) in [6.07, 6.45) is 0.512. The molecule has 1 fully saturated rings. The van der Waals surface area contributed by atoms with Crippen LogP contribution in [0.3, 0.4) is 0 Å². The van der Waals surface area contributed by atoms with Gasteiger partial charge in [0, 0.05) is 37.0 Å². The van der Waals surface area contributed by atoms with Gasteiger partial charge in [-0.15, -0.1) is 11.3 Å². The smallest absolute Gasteiger partial charge is 0.259 e. The van der Waals surface area contributed by atoms with Crippen molar-refractivity contribution in [3.63, 3.8) is 0 Å². The first kappa shape index (κ1) is 24.4. The molecular weight excluding hydrogens is 484 g/mol. The minimum Gasteiger partial charge on any atom is -0.497 e. The van der Waals surface area contributed by atoms with Crippen LogP contribution in [0.25, 0.3) is 0 Å². The Kier molecular flexibility index (Phi) is 7.39. The van der Waals surface area contributed by atoms with Crippen LogP contribution in [0.4, 0.5) is 26.0 Å². The van der Waals surface area contributed by atoms with Crippen LogP contribution in [0.2, 0.25) is 0 Å². The zero-order valence-corrected chi connectivity index (χ0v) is 20.5. The van der Waals surface area contributed by atoms with Crippen LogP contribution < -0.4 is 25.0 Å². The number of allylic oxidation sites excluding steroid dienone is 4. The third-order valence-electron chi connectivity index (χ3n) is 5.90. The van der Waals surface area contributed by atoms with Gasteiger partial charge in [-0.25, -0.2) is 22.2 Å². The quantitative estimate of drug-likeness (QED) is 0.493. The Hall–Kier alpha value is -2.70. The molecular formula is C22H27F2N5O3S2. The number of nitrogens with one attached hydrogen (secondary N) is 3. The van der Waals surface area contributed by atoms with Gasteiger partial charge in [-0.05, 0) is 38.1 Å². The maximum Gasteiger partial charge on any atom is 0.259 e. The average molecular weight is 512 g/mol. The van der Waals surface area contributed by atoms with E-state index in [1.54, 1.807) is 19.2 Å². The topological polar surface area (TPSA) is 95.6 Å². The molecule has 3 N–H and O–H groups in total. The summed E-state index contributed by atoms with van der Waals surface area (Å²) in [5, 5.41) is 7.67. The molecule has 0 spiro atoms. The number of aromatic nitrogens is 1. The number of methoxy groups -OCH3 is 1. The molecule has 8 nitrogen and oxygen atoms in total. The van der Waals surface area contributed by atoms with Crippen LogP contribution in [0.15, 0.2) is 51.6 Å². The molecule has 12 heteroatoms. The summed E-state index contributed by atoms with van der Waals surface area (Å²) < 4.78 is 62.9. The third kappa shape index (κ3) is 5.34. The lowest BCUT2D eigenvalue weighted by Crippen LogP contribution is -2.44. The molecule has 0 bridgehead atoms. The highest BCUT2D eigenvalue weighted by molar-refractivity contribution is 7.96. The van der Waals surface area contributed by atoms with Crippen molar-refractivity contribution in [2.24, 2.45) is 0 Å². The molecule has 2 heterocycles. The summed E-state index contributed by atoms with van der Waals surface area (Å²) in [6, 6.07) is 5.55. The van der Waals surface area contributed by atoms with Crippen molar-refractivity contribution in [2.45, 2.75) is 31.5 Å². The molecule has 2 aliphatic rings. The number of nitrogens with zero attached hydrogens (tertiary/aromatic N) is 2. The predicted molar refractivity (Wildman–Crippen MR) is 131 cm³/mol. The molecule has 34 heavy (non-hydrogen) atoms. The highest BCUT2D eigenvalue weighted by Gasteiger charge is 2.32. The van der Waals surface area contributed by atoms with Crippen molar-refractivity contribution < 1.29 is 21.9 Å². The van der Waals surface area contributed by atoms with Gasteiger partial charge in [-0.1, -0.05) is 0 Å². The van der Waals surface area contributed by atoms with Gasteiger partial charge in [0.15, 0.2) is 5.82 Å². The van der Waals surface area contributed by atoms with E-state index < -0.39 is 28.4 Å². The first-order valence-corrected chi connectivity index (χ1v) is 13.3. The summed E-state index contributed by atoms with van der Waals surface area (Å²) in [5.74, 6) is -0.228. The molecule has 1 unspecified atom stereocenters. The monoisotopic (exact) mass is 511 g/mol. The zero-order valence-electron chi connectivity index (χ0n) is 18.8. The number of thiazole rings is 1. The van der Waals surface area contributed by atoms with Crippen LogP contribution >= 0.6 is 11.3 Å². The maximum absolute atomic E-state index is 15.1. The van der Waals surface area contributed by atoms with Gasteiger partial charge >= 0.3 is 0 Å². The molecule has 1 saturated heterocycles. The van der Waals surface area contributed by atoms with E-state index in [2.05, 4.69) is 25.2 Å². The number of benzene rings is 1. The van der Waals surface area contributed by atoms with Crippen molar-refractivity contribution in [3.05, 3.63) is 51.6 Å². The first-order chi connectivity index (χ1) is 16.3. The van der Waals surface area contributed by atoms with Crippen LogP contribution in [-0.2, 0) is 10.0 Å². The Bertz CT molecular complexity index is 1190. The number of hydrogen-bond acceptors (Lipinski definition) is 8. The molecule has 2 aromatic rings. The number of sulfonamides is 1. The van der Waals surface area contributed by atoms with Crippen molar-refractivity contribution in [2.75, 3.05) is 42.2 Å². The summed E-state index contributed by atoms with van der Waals surface area (Å²) in [5.41, 5.74) is 2.44. The number of piperidine rings is 1. The largest absolute Gasteiger partial charge is 0.497 e. The Morgan fingerprint density at radius 1 is 1.32 bits per heavy atom. The van der Waals surface area contributed by atoms with Gasteiger partial charge in [0.05, 0.1) is 34.6 Å². The zero-order chi connectivity index (χ0) is 24.3. The Balaban J connectivity index is 1.62. The van der Waals surface area contributed by atoms with Crippen molar-refractivity contribution in [1.29, 1.82) is 0 Å². The summed E-state index contributed by atoms with van der Waals surface area (Å²) in [6.45, 7) is 1.54. The molecule has 2 atom stereocenters. The van der Waals surface area contributed by atoms with E-state index in [1.807, 2.05) is 13.1 Å². The van der Waals surface area contributed by atoms with E-state index in [4.69, 9.17) is 4.74 Å². The predicted octanol–water partition coefficient (Wildman–Crippen LogP) is 4.00. The van der Waals surface area contributed by atoms with Crippen LogP contribution in [-0.4, -0.2) is 52.9 Å². The van der Waals surface area contributed by atoms with Gasteiger partial charge in [0.1, 0.15) is 17.7 Å². The fourth-order valence-electron chi connectivity index (χ4n) is 4.08. The standard InChI is InChI=1S/C22H27F2N5O3S2/c1-25-14-4-3-7-29(11-14)20-8-15(32-2)5-6-19(20)27-22-17(23)9-16(10-18(22)24)34(30,31)28-21-12-33-13-26-21/h5-6,8-9,12-14,18,25,27-28H,3-4,7,10-11H2,1-2H3/t14-,18?/m1/s1. The van der Waals surface area contributed by atoms with Gasteiger partial charge in [-0.3, -0.25) is 4.72 Å². The number of likely N-dealkylation sites (N-methyl/N-ethyl adjacent to an activating group) is 1. The molecule has 1 aromatic heterocycles. The van der Waals surface area contributed by atoms with Crippen LogP contribution in [0.1, 0.15) is 19.3 Å². The summed E-state index contributed by atoms with van der Waals surface area (Å²) in [7, 11) is -0.656. The fraction of sp³-hybridized carbons (Fsp3) is 0.409. The highest BCUT2D eigenvalue weighted by atomic mass is 32.2. The second-order valence-corrected chi connectivity index (χ2v) is 10.6. The van der Waals surface area contributed by atoms with E-state index in [1.165, 1.54) is 22.2 Å². The maximum atomic E-state index is 15.1. The summed E-state index contributed by atoms with van der Waals surface area (Å²) in [4.78, 5) is 5.62. The third-order valence-corrected chi connectivity index (χ3v) is 7.94. The number of rotatable bonds is 8. The molecule has 184 valence electrons. The lowest BCUT2D eigenvalue weighted by Gasteiger charge is -2.36. The highest BCUT2D eigenvalue weighted by Crippen LogP contribution is 2.37. The molecule has 1 aliphatic heterocycles. The number of hydrogen-bond donors (Lipinski definition) is 3. The van der Waals surface area contributed by atoms with E-state index in [-0.39, 0.29) is 16.4 Å². The number of anilines is 3. The van der Waals surface area contributed by atoms with E-state index in [9.17, 15) is 8.42 Å². The van der Waals surface area contributed by atoms with E-state index in [0.29, 0.717) is 17.5 Å². The van der Waals surface area contributed by atoms with Gasteiger partial charge in [0.2, 0.25) is 0 Å². The van der Waals surface area contributed by atoms with Gasteiger partial charge < -0.3 is 20.3 Å². The van der Waals surface area contributed by atoms with Crippen LogP contribution in [0, 0.1) is 0 Å². The van der Waals surface area contributed by atoms with Gasteiger partial charge in [0.25, 0.3) is 10.0 Å². The van der Waals surface area contributed by atoms with E-state index >= 15 is 8.78 Å². The summed E-state index contributed by atoms with van der Waals surface area (Å²) >= 11 is 1.20. The molecule has 0 radical (unpaired) electrons. The Morgan fingerprint density at radius 3 is 2.82 bits per heavy atom. The van der Waals surface area contributed by atoms with Crippen molar-refractivity contribution in [3.8, 4) is 5.75 Å². The van der Waals surface area contributed by atoms with Gasteiger partial charge in [-0.2, -0.15) is 0 Å². The fourth-order valence-corrected chi connectivity index (χ4v) is 5.78. The number of halogens is 2. The van der Waals surface area contributed by atoms with Crippen molar-refractivity contribution in [1.82, 2.24) is 10.3 Å². The number of ether oxygens (including phenoxy) is 1. The Morgan fingerprint density at radius 2 is 2.15 bits per heavy atom. The lowest BCUT2D eigenvalue weighted by molar-refractivity contribution is 0.370. The molecule has 1 aliphatic carbocycles. The minimum absolute atomic E-state index is 0.110. The Labute approximate surface area is 201 Å². The van der Waals surface area contributed by atoms with Crippen molar-refractivity contribution >= 4 is 38.6 Å². The SMILES string of the molecule is CN[C@@H]1CCCN(c2cc(OC)ccc2NC2=C(F)C=C(S(=O)(=O)Nc3cscn3)CC2F)C1. The first-order valence-electron chi connectivity index (χ1n) is 10.8. The molecule has 1 aromatic carbocycles. The second kappa shape index (κ2) is 10.3. The molecule has 0 saturated carbocycles. The molecule has 4 rings (SSSR count). The number of alkyl halides is 1. The van der Waals surface area contributed by atoms with Crippen LogP contribution in [0.5, 0.6) is 5.75 Å². The molecule has 0 amide bonds. The normalized spacial score (nSPS) is 21.3. The average Bonchev–Trinajstić information content (AvgIpc) is 3.33. The van der Waals surface area contributed by atoms with E-state index in [0.717, 1.165) is 37.7 Å². The minimum atomic E-state index is -4.13. The second-order valence-electron chi connectivity index (χ2n) is 8.11.